The highest BCUT2D eigenvalue weighted by molar-refractivity contribution is 5.52. The van der Waals surface area contributed by atoms with E-state index in [1.807, 2.05) is 31.2 Å². The van der Waals surface area contributed by atoms with Crippen molar-refractivity contribution in [3.05, 3.63) is 48.2 Å². The standard InChI is InChI=1S/C17H22N2O2/c1-4-21-17-16(6-5-11-18-17)19-13(2)12-14-7-9-15(20-3)10-8-14/h5-11,13,19H,4,12H2,1-3H3. The molecule has 0 aliphatic carbocycles. The van der Waals surface area contributed by atoms with Crippen molar-refractivity contribution in [2.24, 2.45) is 0 Å². The maximum atomic E-state index is 5.53. The molecule has 0 aliphatic heterocycles. The summed E-state index contributed by atoms with van der Waals surface area (Å²) >= 11 is 0. The van der Waals surface area contributed by atoms with Crippen LogP contribution in [0.3, 0.4) is 0 Å². The molecule has 0 spiro atoms. The molecule has 0 saturated carbocycles. The van der Waals surface area contributed by atoms with Gasteiger partial charge in [-0.1, -0.05) is 12.1 Å². The third-order valence-electron chi connectivity index (χ3n) is 3.16. The fourth-order valence-corrected chi connectivity index (χ4v) is 2.18. The molecule has 1 N–H and O–H groups in total. The van der Waals surface area contributed by atoms with Gasteiger partial charge in [-0.05, 0) is 50.1 Å². The zero-order chi connectivity index (χ0) is 15.1. The molecule has 1 aromatic carbocycles. The number of methoxy groups -OCH3 is 1. The summed E-state index contributed by atoms with van der Waals surface area (Å²) in [6, 6.07) is 12.3. The molecule has 0 bridgehead atoms. The molecule has 1 atom stereocenters. The summed E-state index contributed by atoms with van der Waals surface area (Å²) in [6.45, 7) is 4.71. The number of hydrogen-bond acceptors (Lipinski definition) is 4. The topological polar surface area (TPSA) is 43.4 Å². The predicted octanol–water partition coefficient (Wildman–Crippen LogP) is 3.53. The van der Waals surface area contributed by atoms with Gasteiger partial charge in [0.15, 0.2) is 0 Å². The zero-order valence-electron chi connectivity index (χ0n) is 12.8. The van der Waals surface area contributed by atoms with Gasteiger partial charge in [0, 0.05) is 12.2 Å². The van der Waals surface area contributed by atoms with Gasteiger partial charge in [-0.3, -0.25) is 0 Å². The fraction of sp³-hybridized carbons (Fsp3) is 0.353. The van der Waals surface area contributed by atoms with E-state index in [0.29, 0.717) is 12.5 Å². The Hall–Kier alpha value is -2.23. The van der Waals surface area contributed by atoms with Crippen molar-refractivity contribution in [1.29, 1.82) is 0 Å². The number of nitrogens with one attached hydrogen (secondary N) is 1. The molecule has 2 aromatic rings. The molecule has 1 heterocycles. The largest absolute Gasteiger partial charge is 0.497 e. The van der Waals surface area contributed by atoms with Crippen LogP contribution in [0, 0.1) is 0 Å². The lowest BCUT2D eigenvalue weighted by molar-refractivity contribution is 0.328. The number of anilines is 1. The lowest BCUT2D eigenvalue weighted by Crippen LogP contribution is -2.19. The number of benzene rings is 1. The van der Waals surface area contributed by atoms with Crippen LogP contribution < -0.4 is 14.8 Å². The minimum absolute atomic E-state index is 0.279. The Morgan fingerprint density at radius 1 is 1.19 bits per heavy atom. The Bertz CT molecular complexity index is 555. The first-order valence-electron chi connectivity index (χ1n) is 7.20. The SMILES string of the molecule is CCOc1ncccc1NC(C)Cc1ccc(OC)cc1. The highest BCUT2D eigenvalue weighted by Gasteiger charge is 2.08. The Kier molecular flexibility index (Phi) is 5.43. The van der Waals surface area contributed by atoms with Gasteiger partial charge in [-0.25, -0.2) is 4.98 Å². The summed E-state index contributed by atoms with van der Waals surface area (Å²) < 4.78 is 10.7. The average Bonchev–Trinajstić information content (AvgIpc) is 2.50. The number of pyridine rings is 1. The van der Waals surface area contributed by atoms with Crippen molar-refractivity contribution in [2.75, 3.05) is 19.0 Å². The Morgan fingerprint density at radius 2 is 1.95 bits per heavy atom. The minimum Gasteiger partial charge on any atom is -0.497 e. The van der Waals surface area contributed by atoms with Gasteiger partial charge in [0.25, 0.3) is 0 Å². The third-order valence-corrected chi connectivity index (χ3v) is 3.16. The zero-order valence-corrected chi connectivity index (χ0v) is 12.8. The molecular formula is C17H22N2O2. The molecule has 0 aliphatic rings. The molecule has 1 unspecified atom stereocenters. The van der Waals surface area contributed by atoms with E-state index in [4.69, 9.17) is 9.47 Å². The highest BCUT2D eigenvalue weighted by atomic mass is 16.5. The Labute approximate surface area is 126 Å². The normalized spacial score (nSPS) is 11.8. The number of hydrogen-bond donors (Lipinski definition) is 1. The second-order valence-corrected chi connectivity index (χ2v) is 4.89. The highest BCUT2D eigenvalue weighted by Crippen LogP contribution is 2.22. The van der Waals surface area contributed by atoms with E-state index in [1.54, 1.807) is 13.3 Å². The third kappa shape index (κ3) is 4.38. The van der Waals surface area contributed by atoms with Crippen LogP contribution in [0.1, 0.15) is 19.4 Å². The first-order valence-corrected chi connectivity index (χ1v) is 7.20. The molecule has 0 amide bonds. The predicted molar refractivity (Wildman–Crippen MR) is 85.2 cm³/mol. The molecular weight excluding hydrogens is 264 g/mol. The monoisotopic (exact) mass is 286 g/mol. The van der Waals surface area contributed by atoms with E-state index in [-0.39, 0.29) is 6.04 Å². The summed E-state index contributed by atoms with van der Waals surface area (Å²) in [5, 5.41) is 3.45. The van der Waals surface area contributed by atoms with Crippen LogP contribution in [-0.4, -0.2) is 24.7 Å². The lowest BCUT2D eigenvalue weighted by atomic mass is 10.1. The van der Waals surface area contributed by atoms with Crippen LogP contribution in [0.4, 0.5) is 5.69 Å². The van der Waals surface area contributed by atoms with Crippen molar-refractivity contribution in [2.45, 2.75) is 26.3 Å². The van der Waals surface area contributed by atoms with Crippen LogP contribution in [0.2, 0.25) is 0 Å². The van der Waals surface area contributed by atoms with Crippen LogP contribution >= 0.6 is 0 Å². The van der Waals surface area contributed by atoms with Gasteiger partial charge in [0.05, 0.1) is 19.4 Å². The number of nitrogens with zero attached hydrogens (tertiary/aromatic N) is 1. The molecule has 21 heavy (non-hydrogen) atoms. The number of ether oxygens (including phenoxy) is 2. The van der Waals surface area contributed by atoms with Gasteiger partial charge >= 0.3 is 0 Å². The molecule has 4 heteroatoms. The maximum Gasteiger partial charge on any atom is 0.237 e. The van der Waals surface area contributed by atoms with Crippen LogP contribution in [0.25, 0.3) is 0 Å². The van der Waals surface area contributed by atoms with Crippen molar-refractivity contribution < 1.29 is 9.47 Å². The molecule has 0 fully saturated rings. The van der Waals surface area contributed by atoms with Crippen LogP contribution in [0.15, 0.2) is 42.6 Å². The molecule has 1 aromatic heterocycles. The molecule has 0 saturated heterocycles. The Morgan fingerprint density at radius 3 is 2.62 bits per heavy atom. The minimum atomic E-state index is 0.279. The maximum absolute atomic E-state index is 5.53. The van der Waals surface area contributed by atoms with Crippen molar-refractivity contribution in [3.8, 4) is 11.6 Å². The lowest BCUT2D eigenvalue weighted by Gasteiger charge is -2.17. The summed E-state index contributed by atoms with van der Waals surface area (Å²) in [7, 11) is 1.68. The smallest absolute Gasteiger partial charge is 0.237 e. The van der Waals surface area contributed by atoms with E-state index in [1.165, 1.54) is 5.56 Å². The van der Waals surface area contributed by atoms with Gasteiger partial charge in [-0.15, -0.1) is 0 Å². The van der Waals surface area contributed by atoms with Crippen LogP contribution in [0.5, 0.6) is 11.6 Å². The van der Waals surface area contributed by atoms with E-state index in [2.05, 4.69) is 29.4 Å². The average molecular weight is 286 g/mol. The van der Waals surface area contributed by atoms with Crippen LogP contribution in [-0.2, 0) is 6.42 Å². The Balaban J connectivity index is 1.99. The van der Waals surface area contributed by atoms with E-state index >= 15 is 0 Å². The molecule has 4 nitrogen and oxygen atoms in total. The summed E-state index contributed by atoms with van der Waals surface area (Å²) in [5.41, 5.74) is 2.19. The van der Waals surface area contributed by atoms with E-state index < -0.39 is 0 Å². The number of rotatable bonds is 7. The second-order valence-electron chi connectivity index (χ2n) is 4.89. The van der Waals surface area contributed by atoms with E-state index in [9.17, 15) is 0 Å². The van der Waals surface area contributed by atoms with Gasteiger partial charge < -0.3 is 14.8 Å². The summed E-state index contributed by atoms with van der Waals surface area (Å²) in [5.74, 6) is 1.53. The first kappa shape index (κ1) is 15.2. The molecule has 0 radical (unpaired) electrons. The first-order chi connectivity index (χ1) is 10.2. The summed E-state index contributed by atoms with van der Waals surface area (Å²) in [4.78, 5) is 4.25. The van der Waals surface area contributed by atoms with Gasteiger partial charge in [0.2, 0.25) is 5.88 Å². The summed E-state index contributed by atoms with van der Waals surface area (Å²) in [6.07, 6.45) is 2.66. The molecule has 2 rings (SSSR count). The second kappa shape index (κ2) is 7.53. The number of aromatic nitrogens is 1. The van der Waals surface area contributed by atoms with Crippen molar-refractivity contribution >= 4 is 5.69 Å². The molecule has 112 valence electrons. The van der Waals surface area contributed by atoms with Gasteiger partial charge in [0.1, 0.15) is 5.75 Å². The van der Waals surface area contributed by atoms with Gasteiger partial charge in [-0.2, -0.15) is 0 Å². The fourth-order valence-electron chi connectivity index (χ4n) is 2.18. The quantitative estimate of drug-likeness (QED) is 0.845. The van der Waals surface area contributed by atoms with E-state index in [0.717, 1.165) is 17.9 Å². The van der Waals surface area contributed by atoms with Crippen molar-refractivity contribution in [3.63, 3.8) is 0 Å². The van der Waals surface area contributed by atoms with Crippen molar-refractivity contribution in [1.82, 2.24) is 4.98 Å².